The lowest BCUT2D eigenvalue weighted by Gasteiger charge is -2.02. The summed E-state index contributed by atoms with van der Waals surface area (Å²) in [6.07, 6.45) is 1.71. The van der Waals surface area contributed by atoms with E-state index in [1.54, 1.807) is 18.3 Å². The Morgan fingerprint density at radius 2 is 1.95 bits per heavy atom. The minimum Gasteiger partial charge on any atom is -0.360 e. The van der Waals surface area contributed by atoms with Crippen LogP contribution in [0.2, 0.25) is 0 Å². The molecule has 0 radical (unpaired) electrons. The van der Waals surface area contributed by atoms with E-state index < -0.39 is 0 Å². The molecule has 4 heteroatoms. The summed E-state index contributed by atoms with van der Waals surface area (Å²) in [6, 6.07) is 14.9. The molecule has 0 bridgehead atoms. The van der Waals surface area contributed by atoms with E-state index in [4.69, 9.17) is 5.26 Å². The van der Waals surface area contributed by atoms with Gasteiger partial charge in [0.05, 0.1) is 11.6 Å². The third-order valence-electron chi connectivity index (χ3n) is 3.17. The van der Waals surface area contributed by atoms with Crippen molar-refractivity contribution in [3.63, 3.8) is 0 Å². The highest BCUT2D eigenvalue weighted by atomic mass is 127. The average molecular weight is 372 g/mol. The minimum atomic E-state index is -0.0312. The summed E-state index contributed by atoms with van der Waals surface area (Å²) in [7, 11) is 0. The number of rotatable bonds is 2. The van der Waals surface area contributed by atoms with Crippen molar-refractivity contribution in [1.29, 1.82) is 5.26 Å². The summed E-state index contributed by atoms with van der Waals surface area (Å²) in [5.41, 5.74) is 2.68. The monoisotopic (exact) mass is 372 g/mol. The van der Waals surface area contributed by atoms with E-state index in [2.05, 4.69) is 33.6 Å². The number of H-pyrrole nitrogens is 1. The molecule has 0 unspecified atom stereocenters. The number of nitrogens with one attached hydrogen (secondary N) is 1. The molecule has 3 aromatic rings. The van der Waals surface area contributed by atoms with Gasteiger partial charge in [0.25, 0.3) is 0 Å². The number of hydrogen-bond acceptors (Lipinski definition) is 2. The van der Waals surface area contributed by atoms with Gasteiger partial charge in [-0.1, -0.05) is 12.1 Å². The lowest BCUT2D eigenvalue weighted by molar-refractivity contribution is 0.103. The number of carbonyl (C=O) groups excluding carboxylic acids is 1. The summed E-state index contributed by atoms with van der Waals surface area (Å²) in [4.78, 5) is 15.7. The first-order valence-electron chi connectivity index (χ1n) is 6.01. The van der Waals surface area contributed by atoms with Gasteiger partial charge >= 0.3 is 0 Å². The Hall–Kier alpha value is -2.13. The van der Waals surface area contributed by atoms with Crippen LogP contribution in [0, 0.1) is 14.9 Å². The summed E-state index contributed by atoms with van der Waals surface area (Å²) >= 11 is 2.15. The van der Waals surface area contributed by atoms with Crippen molar-refractivity contribution in [3.8, 4) is 6.07 Å². The molecule has 1 heterocycles. The van der Waals surface area contributed by atoms with Crippen molar-refractivity contribution < 1.29 is 4.79 Å². The summed E-state index contributed by atoms with van der Waals surface area (Å²) in [5, 5.41) is 9.76. The van der Waals surface area contributed by atoms with E-state index in [1.807, 2.05) is 30.3 Å². The molecule has 0 atom stereocenters. The first-order chi connectivity index (χ1) is 9.70. The number of nitrogens with zero attached hydrogens (tertiary/aromatic N) is 1. The van der Waals surface area contributed by atoms with Crippen molar-refractivity contribution >= 4 is 39.3 Å². The number of ketones is 1. The molecular weight excluding hydrogens is 363 g/mol. The summed E-state index contributed by atoms with van der Waals surface area (Å²) in [5.74, 6) is -0.0312. The normalized spacial score (nSPS) is 10.4. The molecule has 3 rings (SSSR count). The first kappa shape index (κ1) is 12.9. The molecule has 20 heavy (non-hydrogen) atoms. The van der Waals surface area contributed by atoms with Gasteiger partial charge in [-0.05, 0) is 52.9 Å². The zero-order valence-corrected chi connectivity index (χ0v) is 12.5. The van der Waals surface area contributed by atoms with E-state index in [1.165, 1.54) is 0 Å². The summed E-state index contributed by atoms with van der Waals surface area (Å²) in [6.45, 7) is 0. The average Bonchev–Trinajstić information content (AvgIpc) is 2.89. The maximum atomic E-state index is 12.6. The maximum Gasteiger partial charge on any atom is 0.196 e. The quantitative estimate of drug-likeness (QED) is 0.549. The van der Waals surface area contributed by atoms with E-state index >= 15 is 0 Å². The van der Waals surface area contributed by atoms with Crippen molar-refractivity contribution in [2.75, 3.05) is 0 Å². The molecule has 1 N–H and O–H groups in total. The van der Waals surface area contributed by atoms with E-state index in [0.29, 0.717) is 16.7 Å². The van der Waals surface area contributed by atoms with Gasteiger partial charge < -0.3 is 4.98 Å². The fourth-order valence-corrected chi connectivity index (χ4v) is 2.80. The first-order valence-corrected chi connectivity index (χ1v) is 7.09. The minimum absolute atomic E-state index is 0.0312. The van der Waals surface area contributed by atoms with Gasteiger partial charge in [0.2, 0.25) is 0 Å². The number of fused-ring (bicyclic) bond motifs is 1. The molecule has 0 spiro atoms. The van der Waals surface area contributed by atoms with Crippen LogP contribution in [0.25, 0.3) is 10.9 Å². The molecule has 0 fully saturated rings. The molecule has 3 nitrogen and oxygen atoms in total. The van der Waals surface area contributed by atoms with Gasteiger partial charge in [-0.15, -0.1) is 0 Å². The van der Waals surface area contributed by atoms with E-state index in [-0.39, 0.29) is 5.78 Å². The molecule has 0 aliphatic heterocycles. The number of halogens is 1. The molecule has 96 valence electrons. The van der Waals surface area contributed by atoms with Gasteiger partial charge in [-0.3, -0.25) is 4.79 Å². The molecule has 0 aliphatic rings. The predicted molar refractivity (Wildman–Crippen MR) is 85.6 cm³/mol. The van der Waals surface area contributed by atoms with Gasteiger partial charge in [-0.2, -0.15) is 5.26 Å². The van der Waals surface area contributed by atoms with Crippen LogP contribution in [-0.4, -0.2) is 10.8 Å². The fraction of sp³-hybridized carbons (Fsp3) is 0. The van der Waals surface area contributed by atoms with E-state index in [0.717, 1.165) is 14.5 Å². The second-order valence-electron chi connectivity index (χ2n) is 4.38. The zero-order chi connectivity index (χ0) is 14.1. The van der Waals surface area contributed by atoms with Gasteiger partial charge in [0.15, 0.2) is 5.78 Å². The number of aromatic amines is 1. The van der Waals surface area contributed by atoms with Gasteiger partial charge in [0, 0.05) is 31.8 Å². The van der Waals surface area contributed by atoms with Crippen molar-refractivity contribution in [3.05, 3.63) is 68.9 Å². The molecule has 2 aromatic carbocycles. The SMILES string of the molecule is N#Cc1ccc2[nH]cc(C(=O)c3ccccc3I)c2c1. The smallest absolute Gasteiger partial charge is 0.196 e. The largest absolute Gasteiger partial charge is 0.360 e. The number of benzene rings is 2. The van der Waals surface area contributed by atoms with Crippen LogP contribution in [0.5, 0.6) is 0 Å². The predicted octanol–water partition coefficient (Wildman–Crippen LogP) is 3.88. The standard InChI is InChI=1S/C16H9IN2O/c17-14-4-2-1-3-11(14)16(20)13-9-19-15-6-5-10(8-18)7-12(13)15/h1-7,9,19H. The Labute approximate surface area is 129 Å². The Bertz CT molecular complexity index is 858. The van der Waals surface area contributed by atoms with Crippen LogP contribution in [0.15, 0.2) is 48.7 Å². The molecule has 0 aliphatic carbocycles. The summed E-state index contributed by atoms with van der Waals surface area (Å²) < 4.78 is 0.917. The number of aromatic nitrogens is 1. The van der Waals surface area contributed by atoms with Crippen LogP contribution in [-0.2, 0) is 0 Å². The van der Waals surface area contributed by atoms with Gasteiger partial charge in [-0.25, -0.2) is 0 Å². The molecular formula is C16H9IN2O. The van der Waals surface area contributed by atoms with Crippen molar-refractivity contribution in [2.24, 2.45) is 0 Å². The Kier molecular flexibility index (Phi) is 3.28. The Balaban J connectivity index is 2.18. The van der Waals surface area contributed by atoms with E-state index in [9.17, 15) is 4.79 Å². The molecule has 1 aromatic heterocycles. The van der Waals surface area contributed by atoms with Gasteiger partial charge in [0.1, 0.15) is 0 Å². The van der Waals surface area contributed by atoms with Crippen LogP contribution < -0.4 is 0 Å². The third-order valence-corrected chi connectivity index (χ3v) is 4.11. The Morgan fingerprint density at radius 1 is 1.15 bits per heavy atom. The number of carbonyl (C=O) groups is 1. The molecule has 0 amide bonds. The second kappa shape index (κ2) is 5.10. The third kappa shape index (κ3) is 2.10. The molecule has 0 saturated heterocycles. The Morgan fingerprint density at radius 3 is 2.70 bits per heavy atom. The highest BCUT2D eigenvalue weighted by Gasteiger charge is 2.16. The number of hydrogen-bond donors (Lipinski definition) is 1. The zero-order valence-electron chi connectivity index (χ0n) is 10.4. The van der Waals surface area contributed by atoms with Crippen LogP contribution in [0.1, 0.15) is 21.5 Å². The molecule has 0 saturated carbocycles. The lowest BCUT2D eigenvalue weighted by Crippen LogP contribution is -2.02. The lowest BCUT2D eigenvalue weighted by atomic mass is 10.0. The fourth-order valence-electron chi connectivity index (χ4n) is 2.17. The number of nitriles is 1. The second-order valence-corrected chi connectivity index (χ2v) is 5.55. The highest BCUT2D eigenvalue weighted by Crippen LogP contribution is 2.24. The van der Waals surface area contributed by atoms with Crippen LogP contribution >= 0.6 is 22.6 Å². The van der Waals surface area contributed by atoms with Crippen LogP contribution in [0.3, 0.4) is 0 Å². The maximum absolute atomic E-state index is 12.6. The van der Waals surface area contributed by atoms with Crippen molar-refractivity contribution in [2.45, 2.75) is 0 Å². The topological polar surface area (TPSA) is 56.6 Å². The highest BCUT2D eigenvalue weighted by molar-refractivity contribution is 14.1. The van der Waals surface area contributed by atoms with Crippen LogP contribution in [0.4, 0.5) is 0 Å². The van der Waals surface area contributed by atoms with Crippen molar-refractivity contribution in [1.82, 2.24) is 4.98 Å².